The van der Waals surface area contributed by atoms with Crippen LogP contribution in [0, 0.1) is 5.92 Å². The van der Waals surface area contributed by atoms with E-state index in [1.807, 2.05) is 6.07 Å². The lowest BCUT2D eigenvalue weighted by Crippen LogP contribution is -2.48. The van der Waals surface area contributed by atoms with E-state index in [1.165, 1.54) is 6.92 Å². The van der Waals surface area contributed by atoms with Crippen molar-refractivity contribution in [2.75, 3.05) is 13.3 Å². The van der Waals surface area contributed by atoms with Crippen LogP contribution in [0.2, 0.25) is 5.02 Å². The summed E-state index contributed by atoms with van der Waals surface area (Å²) in [6.45, 7) is 4.30. The Morgan fingerprint density at radius 3 is 2.48 bits per heavy atom. The number of esters is 1. The lowest BCUT2D eigenvalue weighted by molar-refractivity contribution is -0.155. The number of carbonyl (C=O) groups is 4. The number of hydrogen-bond donors (Lipinski definition) is 2. The summed E-state index contributed by atoms with van der Waals surface area (Å²) >= 11 is 6.35. The predicted molar refractivity (Wildman–Crippen MR) is 114 cm³/mol. The predicted octanol–water partition coefficient (Wildman–Crippen LogP) is 3.11. The topological polar surface area (TPSA) is 111 Å². The van der Waals surface area contributed by atoms with Gasteiger partial charge in [0.25, 0.3) is 0 Å². The zero-order valence-corrected chi connectivity index (χ0v) is 18.8. The first-order valence-electron chi connectivity index (χ1n) is 10.3. The molecule has 2 atom stereocenters. The van der Waals surface area contributed by atoms with Crippen molar-refractivity contribution in [2.24, 2.45) is 5.92 Å². The zero-order valence-electron chi connectivity index (χ0n) is 18.0. The number of Topliss-reactive ketones (excluding diaryl/α,β-unsaturated/α-hetero) is 1. The molecule has 8 nitrogen and oxygen atoms in total. The van der Waals surface area contributed by atoms with Crippen molar-refractivity contribution in [1.82, 2.24) is 10.6 Å². The molecular formula is C22H29ClN2O6. The Hall–Kier alpha value is -2.61. The molecule has 1 aromatic rings. The molecule has 0 bridgehead atoms. The van der Waals surface area contributed by atoms with Gasteiger partial charge in [-0.2, -0.15) is 0 Å². The van der Waals surface area contributed by atoms with Crippen LogP contribution in [-0.4, -0.2) is 43.1 Å². The van der Waals surface area contributed by atoms with E-state index >= 15 is 0 Å². The van der Waals surface area contributed by atoms with Crippen LogP contribution in [0.25, 0.3) is 0 Å². The standard InChI is InChI=1S/C22H29ClN2O6/c1-14(2)19(27)25-15(3)20(28)30-13-31-21(29)24-12-22(11-7-6-10-18(22)26)16-8-4-5-9-17(16)23/h4-5,8-9,14-15H,6-7,10-13H2,1-3H3,(H,24,29)(H,25,27)/t15-,22+/m0/s1. The van der Waals surface area contributed by atoms with Crippen LogP contribution in [0.3, 0.4) is 0 Å². The maximum atomic E-state index is 12.8. The van der Waals surface area contributed by atoms with Crippen molar-refractivity contribution in [3.05, 3.63) is 34.9 Å². The number of rotatable bonds is 8. The molecule has 1 aliphatic carbocycles. The summed E-state index contributed by atoms with van der Waals surface area (Å²) in [4.78, 5) is 48.5. The first-order valence-corrected chi connectivity index (χ1v) is 10.7. The molecule has 1 aromatic carbocycles. The Kier molecular flexibility index (Phi) is 8.86. The highest BCUT2D eigenvalue weighted by Gasteiger charge is 2.43. The van der Waals surface area contributed by atoms with Crippen LogP contribution in [0.1, 0.15) is 52.0 Å². The van der Waals surface area contributed by atoms with Crippen molar-refractivity contribution in [2.45, 2.75) is 57.9 Å². The van der Waals surface area contributed by atoms with Crippen LogP contribution in [0.15, 0.2) is 24.3 Å². The normalized spacial score (nSPS) is 19.5. The number of hydrogen-bond acceptors (Lipinski definition) is 6. The maximum absolute atomic E-state index is 12.8. The van der Waals surface area contributed by atoms with E-state index in [2.05, 4.69) is 10.6 Å². The van der Waals surface area contributed by atoms with Crippen molar-refractivity contribution >= 4 is 35.4 Å². The molecule has 2 amide bonds. The fourth-order valence-corrected chi connectivity index (χ4v) is 3.80. The molecule has 2 rings (SSSR count). The van der Waals surface area contributed by atoms with E-state index in [0.717, 1.165) is 12.8 Å². The highest BCUT2D eigenvalue weighted by Crippen LogP contribution is 2.39. The van der Waals surface area contributed by atoms with E-state index in [-0.39, 0.29) is 24.2 Å². The Bertz CT molecular complexity index is 828. The van der Waals surface area contributed by atoms with Gasteiger partial charge in [0.15, 0.2) is 0 Å². The van der Waals surface area contributed by atoms with Gasteiger partial charge in [-0.1, -0.05) is 50.1 Å². The maximum Gasteiger partial charge on any atom is 0.410 e. The van der Waals surface area contributed by atoms with E-state index < -0.39 is 30.3 Å². The lowest BCUT2D eigenvalue weighted by atomic mass is 9.68. The summed E-state index contributed by atoms with van der Waals surface area (Å²) in [5.74, 6) is -1.26. The van der Waals surface area contributed by atoms with Crippen LogP contribution < -0.4 is 10.6 Å². The van der Waals surface area contributed by atoms with Gasteiger partial charge < -0.3 is 20.1 Å². The van der Waals surface area contributed by atoms with Crippen molar-refractivity contribution in [3.8, 4) is 0 Å². The highest BCUT2D eigenvalue weighted by atomic mass is 35.5. The van der Waals surface area contributed by atoms with Gasteiger partial charge in [-0.25, -0.2) is 9.59 Å². The second-order valence-corrected chi connectivity index (χ2v) is 8.35. The van der Waals surface area contributed by atoms with E-state index in [9.17, 15) is 19.2 Å². The highest BCUT2D eigenvalue weighted by molar-refractivity contribution is 6.31. The van der Waals surface area contributed by atoms with Crippen molar-refractivity contribution < 1.29 is 28.7 Å². The average molecular weight is 453 g/mol. The number of ketones is 1. The summed E-state index contributed by atoms with van der Waals surface area (Å²) in [5, 5.41) is 5.57. The molecule has 0 unspecified atom stereocenters. The number of benzene rings is 1. The van der Waals surface area contributed by atoms with Gasteiger partial charge in [0.2, 0.25) is 12.7 Å². The number of amides is 2. The third-order valence-corrected chi connectivity index (χ3v) is 5.67. The molecule has 0 heterocycles. The summed E-state index contributed by atoms with van der Waals surface area (Å²) in [6, 6.07) is 6.24. The molecule has 170 valence electrons. The zero-order chi connectivity index (χ0) is 23.0. The number of alkyl carbamates (subject to hydrolysis) is 1. The van der Waals surface area contributed by atoms with Gasteiger partial charge in [-0.15, -0.1) is 0 Å². The van der Waals surface area contributed by atoms with Gasteiger partial charge >= 0.3 is 12.1 Å². The number of halogens is 1. The SMILES string of the molecule is CC(C)C(=O)N[C@@H](C)C(=O)OCOC(=O)NC[C@@]1(c2ccccc2Cl)CCCCC1=O. The first-order chi connectivity index (χ1) is 14.7. The molecule has 0 aliphatic heterocycles. The minimum Gasteiger partial charge on any atom is -0.426 e. The molecule has 9 heteroatoms. The van der Waals surface area contributed by atoms with Crippen LogP contribution in [-0.2, 0) is 29.3 Å². The Morgan fingerprint density at radius 2 is 1.84 bits per heavy atom. The second-order valence-electron chi connectivity index (χ2n) is 7.94. The molecule has 2 N–H and O–H groups in total. The molecule has 1 aliphatic rings. The largest absolute Gasteiger partial charge is 0.426 e. The number of ether oxygens (including phenoxy) is 2. The third kappa shape index (κ3) is 6.43. The molecule has 0 saturated heterocycles. The fraction of sp³-hybridized carbons (Fsp3) is 0.545. The minimum absolute atomic E-state index is 0.0216. The average Bonchev–Trinajstić information content (AvgIpc) is 2.73. The molecule has 1 fully saturated rings. The Balaban J connectivity index is 1.90. The number of carbonyl (C=O) groups excluding carboxylic acids is 4. The first kappa shape index (κ1) is 24.7. The Labute approximate surface area is 187 Å². The molecule has 0 spiro atoms. The molecule has 0 radical (unpaired) electrons. The number of nitrogens with one attached hydrogen (secondary N) is 2. The third-order valence-electron chi connectivity index (χ3n) is 5.34. The van der Waals surface area contributed by atoms with Gasteiger partial charge in [-0.3, -0.25) is 9.59 Å². The van der Waals surface area contributed by atoms with Gasteiger partial charge in [0.1, 0.15) is 11.8 Å². The summed E-state index contributed by atoms with van der Waals surface area (Å²) in [5.41, 5.74) is -0.232. The van der Waals surface area contributed by atoms with E-state index in [4.69, 9.17) is 21.1 Å². The monoisotopic (exact) mass is 452 g/mol. The smallest absolute Gasteiger partial charge is 0.410 e. The minimum atomic E-state index is -0.915. The van der Waals surface area contributed by atoms with Crippen molar-refractivity contribution in [1.29, 1.82) is 0 Å². The lowest BCUT2D eigenvalue weighted by Gasteiger charge is -2.36. The van der Waals surface area contributed by atoms with Gasteiger partial charge in [0.05, 0.1) is 5.41 Å². The Morgan fingerprint density at radius 1 is 1.13 bits per heavy atom. The van der Waals surface area contributed by atoms with Gasteiger partial charge in [0, 0.05) is 23.9 Å². The van der Waals surface area contributed by atoms with Crippen LogP contribution >= 0.6 is 11.6 Å². The summed E-state index contributed by atoms with van der Waals surface area (Å²) in [7, 11) is 0. The quantitative estimate of drug-likeness (QED) is 0.463. The van der Waals surface area contributed by atoms with Gasteiger partial charge in [-0.05, 0) is 31.4 Å². The molecule has 1 saturated carbocycles. The second kappa shape index (κ2) is 11.1. The summed E-state index contributed by atoms with van der Waals surface area (Å²) < 4.78 is 9.77. The molecule has 31 heavy (non-hydrogen) atoms. The van der Waals surface area contributed by atoms with E-state index in [0.29, 0.717) is 23.4 Å². The molecule has 0 aromatic heterocycles. The van der Waals surface area contributed by atoms with Crippen molar-refractivity contribution in [3.63, 3.8) is 0 Å². The van der Waals surface area contributed by atoms with Crippen LogP contribution in [0.5, 0.6) is 0 Å². The van der Waals surface area contributed by atoms with E-state index in [1.54, 1.807) is 32.0 Å². The summed E-state index contributed by atoms with van der Waals surface area (Å²) in [6.07, 6.45) is 1.80. The molecular weight excluding hydrogens is 424 g/mol. The van der Waals surface area contributed by atoms with Crippen LogP contribution in [0.4, 0.5) is 4.79 Å². The fourth-order valence-electron chi connectivity index (χ4n) is 3.49.